The number of nitrogens with zero attached hydrogens (tertiary/aromatic N) is 2. The maximum Gasteiger partial charge on any atom is 0.264 e. The second-order valence-corrected chi connectivity index (χ2v) is 7.24. The molecule has 3 rings (SSSR count). The number of pyridine rings is 1. The summed E-state index contributed by atoms with van der Waals surface area (Å²) in [6.45, 7) is 8.90. The molecule has 29 heavy (non-hydrogen) atoms. The van der Waals surface area contributed by atoms with Gasteiger partial charge in [0.1, 0.15) is 10.4 Å². The molecule has 0 spiro atoms. The van der Waals surface area contributed by atoms with Gasteiger partial charge < -0.3 is 12.5 Å². The minimum Gasteiger partial charge on any atom is -0.505 e. The van der Waals surface area contributed by atoms with Crippen LogP contribution in [0.1, 0.15) is 44.2 Å². The van der Waals surface area contributed by atoms with E-state index in [4.69, 9.17) is 0 Å². The summed E-state index contributed by atoms with van der Waals surface area (Å²) in [7, 11) is 0. The molecule has 0 fully saturated rings. The Bertz CT molecular complexity index is 1000. The van der Waals surface area contributed by atoms with Crippen LogP contribution in [0.15, 0.2) is 29.1 Å². The summed E-state index contributed by atoms with van der Waals surface area (Å²) >= 11 is 1.23. The van der Waals surface area contributed by atoms with E-state index < -0.39 is 18.5 Å². The maximum atomic E-state index is 13.1. The first kappa shape index (κ1) is 27.8. The Morgan fingerprint density at radius 2 is 1.79 bits per heavy atom. The summed E-state index contributed by atoms with van der Waals surface area (Å²) in [5, 5.41) is 11.4. The first-order chi connectivity index (χ1) is 12.8. The second kappa shape index (κ2) is 11.9. The summed E-state index contributed by atoms with van der Waals surface area (Å²) < 4.78 is 27.5. The van der Waals surface area contributed by atoms with Crippen molar-refractivity contribution in [2.24, 2.45) is 0 Å². The van der Waals surface area contributed by atoms with Crippen molar-refractivity contribution in [1.82, 2.24) is 9.55 Å². The largest absolute Gasteiger partial charge is 0.505 e. The van der Waals surface area contributed by atoms with Crippen LogP contribution in [0.5, 0.6) is 5.75 Å². The molecule has 0 unspecified atom stereocenters. The van der Waals surface area contributed by atoms with E-state index in [-0.39, 0.29) is 63.0 Å². The Kier molecular flexibility index (Phi) is 11.4. The summed E-state index contributed by atoms with van der Waals surface area (Å²) in [6.07, 6.45) is -2.70. The molecule has 1 N–H and O–H groups in total. The number of halogens is 2. The molecule has 1 radical (unpaired) electrons. The minimum atomic E-state index is -2.70. The van der Waals surface area contributed by atoms with E-state index in [1.54, 1.807) is 12.1 Å². The normalized spacial score (nSPS) is 10.4. The third-order valence-electron chi connectivity index (χ3n) is 4.02. The molecule has 1 aromatic carbocycles. The van der Waals surface area contributed by atoms with E-state index in [9.17, 15) is 18.7 Å². The fraction of sp³-hybridized carbons (Fsp3) is 0.381. The van der Waals surface area contributed by atoms with Gasteiger partial charge in [0.15, 0.2) is 5.65 Å². The zero-order chi connectivity index (χ0) is 20.3. The van der Waals surface area contributed by atoms with Crippen LogP contribution in [0.3, 0.4) is 0 Å². The molecule has 0 saturated carbocycles. The van der Waals surface area contributed by atoms with Crippen molar-refractivity contribution in [1.29, 1.82) is 0 Å². The predicted octanol–water partition coefficient (Wildman–Crippen LogP) is 6.00. The van der Waals surface area contributed by atoms with Crippen molar-refractivity contribution in [2.45, 2.75) is 53.5 Å². The van der Waals surface area contributed by atoms with E-state index in [2.05, 4.69) is 4.98 Å². The van der Waals surface area contributed by atoms with Gasteiger partial charge in [-0.25, -0.2) is 13.8 Å². The van der Waals surface area contributed by atoms with Gasteiger partial charge in [0.05, 0.1) is 17.1 Å². The molecule has 8 heteroatoms. The molecule has 0 atom stereocenters. The molecule has 2 heterocycles. The molecule has 0 amide bonds. The second-order valence-electron chi connectivity index (χ2n) is 6.20. The molecule has 0 saturated heterocycles. The third-order valence-corrected chi connectivity index (χ3v) is 5.37. The number of thiazole rings is 1. The monoisotopic (exact) mass is 498 g/mol. The van der Waals surface area contributed by atoms with Gasteiger partial charge in [0, 0.05) is 38.6 Å². The Balaban J connectivity index is 0.00000190. The van der Waals surface area contributed by atoms with E-state index in [0.29, 0.717) is 15.3 Å². The van der Waals surface area contributed by atoms with Crippen LogP contribution >= 0.6 is 11.3 Å². The number of benzene rings is 1. The maximum absolute atomic E-state index is 13.1. The summed E-state index contributed by atoms with van der Waals surface area (Å²) in [5.74, 6) is -0.127. The van der Waals surface area contributed by atoms with Gasteiger partial charge >= 0.3 is 0 Å². The zero-order valence-corrected chi connectivity index (χ0v) is 21.3. The Hall–Kier alpha value is -1.18. The van der Waals surface area contributed by atoms with Gasteiger partial charge in [0.25, 0.3) is 12.0 Å². The Morgan fingerprint density at radius 3 is 2.31 bits per heavy atom. The van der Waals surface area contributed by atoms with Crippen molar-refractivity contribution >= 4 is 21.7 Å². The van der Waals surface area contributed by atoms with E-state index in [0.717, 1.165) is 10.1 Å². The minimum absolute atomic E-state index is 0. The molecule has 3 aromatic rings. The fourth-order valence-corrected chi connectivity index (χ4v) is 3.78. The average molecular weight is 498 g/mol. The van der Waals surface area contributed by atoms with Crippen molar-refractivity contribution in [2.75, 3.05) is 0 Å². The van der Waals surface area contributed by atoms with Crippen LogP contribution in [0.25, 0.3) is 21.5 Å². The Morgan fingerprint density at radius 1 is 1.21 bits per heavy atom. The van der Waals surface area contributed by atoms with Crippen molar-refractivity contribution in [3.63, 3.8) is 0 Å². The van der Waals surface area contributed by atoms with Gasteiger partial charge in [-0.1, -0.05) is 52.0 Å². The van der Waals surface area contributed by atoms with Crippen LogP contribution in [0.4, 0.5) is 8.78 Å². The molecule has 4 nitrogen and oxygen atoms in total. The Labute approximate surface area is 199 Å². The number of aromatic nitrogens is 2. The summed E-state index contributed by atoms with van der Waals surface area (Å²) in [6, 6.07) is 7.07. The van der Waals surface area contributed by atoms with Gasteiger partial charge in [-0.15, -0.1) is 11.3 Å². The smallest absolute Gasteiger partial charge is 0.264 e. The number of fused-ring (bicyclic) bond motifs is 1. The molecule has 0 aliphatic heterocycles. The van der Waals surface area contributed by atoms with Gasteiger partial charge in [-0.2, -0.15) is 0 Å². The fourth-order valence-electron chi connectivity index (χ4n) is 2.76. The molecule has 0 aliphatic carbocycles. The van der Waals surface area contributed by atoms with E-state index in [1.165, 1.54) is 11.3 Å². The van der Waals surface area contributed by atoms with Crippen LogP contribution in [0.2, 0.25) is 0 Å². The number of hydrogen-bond donors (Lipinski definition) is 1. The van der Waals surface area contributed by atoms with Gasteiger partial charge in [-0.05, 0) is 18.1 Å². The SMILES string of the molecule is CC.Cc1ccccc1-c1c(O)c2sc(C(C)C)nc2n(CC(F)F)c1=O.[CH3-].[Y]. The number of alkyl halides is 2. The first-order valence-electron chi connectivity index (χ1n) is 8.91. The first-order valence-corrected chi connectivity index (χ1v) is 9.73. The summed E-state index contributed by atoms with van der Waals surface area (Å²) in [5.41, 5.74) is 0.833. The number of hydrogen-bond acceptors (Lipinski definition) is 4. The molecule has 2 aromatic heterocycles. The third kappa shape index (κ3) is 5.71. The predicted molar refractivity (Wildman–Crippen MR) is 114 cm³/mol. The van der Waals surface area contributed by atoms with Crippen molar-refractivity contribution in [3.8, 4) is 16.9 Å². The van der Waals surface area contributed by atoms with Crippen LogP contribution in [0, 0.1) is 14.4 Å². The summed E-state index contributed by atoms with van der Waals surface area (Å²) in [4.78, 5) is 17.2. The molecule has 0 aliphatic rings. The molecular weight excluding hydrogens is 471 g/mol. The van der Waals surface area contributed by atoms with Crippen LogP contribution in [-0.2, 0) is 39.3 Å². The topological polar surface area (TPSA) is 55.1 Å². The molecule has 0 bridgehead atoms. The van der Waals surface area contributed by atoms with Crippen LogP contribution in [-0.4, -0.2) is 21.1 Å². The van der Waals surface area contributed by atoms with Gasteiger partial charge in [-0.3, -0.25) is 9.36 Å². The number of aromatic hydroxyl groups is 1. The average Bonchev–Trinajstić information content (AvgIpc) is 3.08. The van der Waals surface area contributed by atoms with Crippen molar-refractivity contribution in [3.05, 3.63) is 52.6 Å². The van der Waals surface area contributed by atoms with E-state index in [1.807, 2.05) is 46.8 Å². The standard InChI is InChI=1S/C18H18F2N2O2S.C2H6.CH3.Y/c1-9(2)17-21-16-15(25-17)14(23)13(11-7-5-4-6-10(11)3)18(24)22(16)8-12(19)20;1-2;;/h4-7,9,12,23H,8H2,1-3H3;1-2H3;1H3;/q;;-1;. The van der Waals surface area contributed by atoms with Crippen molar-refractivity contribution < 1.29 is 46.6 Å². The quantitative estimate of drug-likeness (QED) is 0.449. The zero-order valence-electron chi connectivity index (χ0n) is 17.7. The molecular formula is C21H27F2N2O2SY-. The van der Waals surface area contributed by atoms with E-state index >= 15 is 0 Å². The number of aryl methyl sites for hydroxylation is 1. The number of rotatable bonds is 4. The van der Waals surface area contributed by atoms with Crippen LogP contribution < -0.4 is 5.56 Å². The molecule has 157 valence electrons. The van der Waals surface area contributed by atoms with Gasteiger partial charge in [0.2, 0.25) is 0 Å².